The third-order valence-electron chi connectivity index (χ3n) is 3.71. The molecule has 2 aliphatic carbocycles. The van der Waals surface area contributed by atoms with Gasteiger partial charge >= 0.3 is 11.9 Å². The van der Waals surface area contributed by atoms with Crippen LogP contribution in [0.5, 0.6) is 0 Å². The van der Waals surface area contributed by atoms with E-state index in [-0.39, 0.29) is 28.6 Å². The van der Waals surface area contributed by atoms with Crippen molar-refractivity contribution in [3.63, 3.8) is 0 Å². The SMILES string of the molecule is O=C(O)C1CCCCC1=O.O=C(O)C1CCCCC1=O.[Fe]. The quantitative estimate of drug-likeness (QED) is 0.584. The summed E-state index contributed by atoms with van der Waals surface area (Å²) in [6.07, 6.45) is 5.47. The van der Waals surface area contributed by atoms with Crippen LogP contribution in [0, 0.1) is 11.8 Å². The molecule has 2 aliphatic rings. The van der Waals surface area contributed by atoms with Gasteiger partial charge < -0.3 is 10.2 Å². The number of Topliss-reactive ketones (excluding diaryl/α,β-unsaturated/α-hetero) is 2. The van der Waals surface area contributed by atoms with Crippen LogP contribution in [0.4, 0.5) is 0 Å². The molecule has 7 heteroatoms. The maximum Gasteiger partial charge on any atom is 0.314 e. The standard InChI is InChI=1S/2C7H10O3.Fe/c2*8-6-4-2-1-3-5(6)7(9)10;/h2*5H,1-4H2,(H,9,10);. The third-order valence-corrected chi connectivity index (χ3v) is 3.71. The van der Waals surface area contributed by atoms with Crippen LogP contribution in [0.1, 0.15) is 51.4 Å². The Morgan fingerprint density at radius 1 is 0.762 bits per heavy atom. The van der Waals surface area contributed by atoms with Crippen LogP contribution in [0.25, 0.3) is 0 Å². The first-order chi connectivity index (χ1) is 9.43. The fraction of sp³-hybridized carbons (Fsp3) is 0.714. The van der Waals surface area contributed by atoms with Crippen molar-refractivity contribution in [2.75, 3.05) is 0 Å². The van der Waals surface area contributed by atoms with Crippen LogP contribution in [0.15, 0.2) is 0 Å². The molecule has 6 nitrogen and oxygen atoms in total. The van der Waals surface area contributed by atoms with Gasteiger partial charge in [-0.15, -0.1) is 0 Å². The molecule has 0 bridgehead atoms. The summed E-state index contributed by atoms with van der Waals surface area (Å²) in [6, 6.07) is 0. The summed E-state index contributed by atoms with van der Waals surface area (Å²) >= 11 is 0. The summed E-state index contributed by atoms with van der Waals surface area (Å²) in [5, 5.41) is 17.0. The van der Waals surface area contributed by atoms with E-state index in [0.717, 1.165) is 25.7 Å². The van der Waals surface area contributed by atoms with E-state index in [0.29, 0.717) is 25.7 Å². The van der Waals surface area contributed by atoms with Crippen LogP contribution in [-0.4, -0.2) is 33.7 Å². The summed E-state index contributed by atoms with van der Waals surface area (Å²) in [4.78, 5) is 42.4. The fourth-order valence-corrected chi connectivity index (χ4v) is 2.49. The number of carbonyl (C=O) groups is 4. The monoisotopic (exact) mass is 340 g/mol. The minimum Gasteiger partial charge on any atom is -0.481 e. The largest absolute Gasteiger partial charge is 0.481 e. The minimum atomic E-state index is -0.954. The third kappa shape index (κ3) is 6.40. The van der Waals surface area contributed by atoms with Gasteiger partial charge in [-0.25, -0.2) is 0 Å². The molecule has 0 aromatic rings. The van der Waals surface area contributed by atoms with E-state index < -0.39 is 23.8 Å². The van der Waals surface area contributed by atoms with Crippen molar-refractivity contribution in [3.05, 3.63) is 0 Å². The van der Waals surface area contributed by atoms with Crippen molar-refractivity contribution >= 4 is 23.5 Å². The normalized spacial score (nSPS) is 25.1. The fourth-order valence-electron chi connectivity index (χ4n) is 2.49. The summed E-state index contributed by atoms with van der Waals surface area (Å²) < 4.78 is 0. The smallest absolute Gasteiger partial charge is 0.314 e. The predicted octanol–water partition coefficient (Wildman–Crippen LogP) is 1.66. The van der Waals surface area contributed by atoms with Gasteiger partial charge in [-0.05, 0) is 25.7 Å². The van der Waals surface area contributed by atoms with Crippen LogP contribution in [0.2, 0.25) is 0 Å². The van der Waals surface area contributed by atoms with Crippen molar-refractivity contribution < 1.29 is 46.5 Å². The molecule has 0 spiro atoms. The van der Waals surface area contributed by atoms with Crippen molar-refractivity contribution in [2.24, 2.45) is 11.8 Å². The Labute approximate surface area is 133 Å². The second-order valence-corrected chi connectivity index (χ2v) is 5.21. The number of aliphatic carboxylic acids is 2. The molecule has 2 fully saturated rings. The first-order valence-corrected chi connectivity index (χ1v) is 6.94. The molecule has 0 aliphatic heterocycles. The number of carbonyl (C=O) groups excluding carboxylic acids is 2. The van der Waals surface area contributed by atoms with Crippen LogP contribution in [0.3, 0.4) is 0 Å². The van der Waals surface area contributed by atoms with Crippen molar-refractivity contribution in [3.8, 4) is 0 Å². The molecule has 2 N–H and O–H groups in total. The van der Waals surface area contributed by atoms with Crippen LogP contribution in [-0.2, 0) is 36.2 Å². The summed E-state index contributed by atoms with van der Waals surface area (Å²) in [6.45, 7) is 0. The molecule has 0 radical (unpaired) electrons. The summed E-state index contributed by atoms with van der Waals surface area (Å²) in [5.41, 5.74) is 0. The first kappa shape index (κ1) is 19.8. The summed E-state index contributed by atoms with van der Waals surface area (Å²) in [5.74, 6) is -3.51. The van der Waals surface area contributed by atoms with Gasteiger partial charge in [0.1, 0.15) is 23.4 Å². The van der Waals surface area contributed by atoms with Crippen LogP contribution < -0.4 is 0 Å². The van der Waals surface area contributed by atoms with Crippen molar-refractivity contribution in [1.82, 2.24) is 0 Å². The van der Waals surface area contributed by atoms with E-state index in [2.05, 4.69) is 0 Å². The second-order valence-electron chi connectivity index (χ2n) is 5.21. The van der Waals surface area contributed by atoms with Gasteiger partial charge in [-0.3, -0.25) is 19.2 Å². The number of ketones is 2. The molecule has 0 aromatic heterocycles. The maximum atomic E-state index is 10.9. The van der Waals surface area contributed by atoms with E-state index in [9.17, 15) is 19.2 Å². The number of carboxylic acid groups (broad SMARTS) is 2. The number of hydrogen-bond acceptors (Lipinski definition) is 4. The maximum absolute atomic E-state index is 10.9. The molecular weight excluding hydrogens is 320 g/mol. The Morgan fingerprint density at radius 3 is 1.29 bits per heavy atom. The molecule has 2 unspecified atom stereocenters. The molecule has 0 amide bonds. The van der Waals surface area contributed by atoms with Gasteiger partial charge in [0.25, 0.3) is 0 Å². The average Bonchev–Trinajstić information content (AvgIpc) is 2.40. The molecule has 0 saturated heterocycles. The van der Waals surface area contributed by atoms with E-state index in [1.54, 1.807) is 0 Å². The van der Waals surface area contributed by atoms with E-state index in [1.807, 2.05) is 0 Å². The van der Waals surface area contributed by atoms with E-state index in [4.69, 9.17) is 10.2 Å². The number of hydrogen-bond donors (Lipinski definition) is 2. The molecular formula is C14H20FeO6. The molecule has 120 valence electrons. The zero-order valence-electron chi connectivity index (χ0n) is 11.7. The van der Waals surface area contributed by atoms with Crippen molar-refractivity contribution in [2.45, 2.75) is 51.4 Å². The molecule has 0 heterocycles. The van der Waals surface area contributed by atoms with E-state index >= 15 is 0 Å². The van der Waals surface area contributed by atoms with Gasteiger partial charge in [0.05, 0.1) is 0 Å². The number of rotatable bonds is 2. The molecule has 0 aromatic carbocycles. The van der Waals surface area contributed by atoms with Crippen LogP contribution >= 0.6 is 0 Å². The predicted molar refractivity (Wildman–Crippen MR) is 69.2 cm³/mol. The Bertz CT molecular complexity index is 368. The molecule has 21 heavy (non-hydrogen) atoms. The van der Waals surface area contributed by atoms with Gasteiger partial charge in [0, 0.05) is 29.9 Å². The van der Waals surface area contributed by atoms with Gasteiger partial charge in [0.15, 0.2) is 0 Å². The topological polar surface area (TPSA) is 109 Å². The van der Waals surface area contributed by atoms with E-state index in [1.165, 1.54) is 0 Å². The average molecular weight is 340 g/mol. The molecule has 2 atom stereocenters. The molecule has 2 saturated carbocycles. The molecule has 2 rings (SSSR count). The first-order valence-electron chi connectivity index (χ1n) is 6.94. The summed E-state index contributed by atoms with van der Waals surface area (Å²) in [7, 11) is 0. The Morgan fingerprint density at radius 2 is 1.10 bits per heavy atom. The van der Waals surface area contributed by atoms with Crippen molar-refractivity contribution in [1.29, 1.82) is 0 Å². The van der Waals surface area contributed by atoms with Gasteiger partial charge in [-0.1, -0.05) is 12.8 Å². The number of carboxylic acids is 2. The Kier molecular flexibility index (Phi) is 9.13. The minimum absolute atomic E-state index is 0. The zero-order valence-corrected chi connectivity index (χ0v) is 12.8. The Hall–Kier alpha value is -1.20. The zero-order chi connectivity index (χ0) is 15.1. The van der Waals surface area contributed by atoms with Gasteiger partial charge in [-0.2, -0.15) is 0 Å². The Balaban J connectivity index is 0.000000364. The second kappa shape index (κ2) is 9.68. The van der Waals surface area contributed by atoms with Gasteiger partial charge in [0.2, 0.25) is 0 Å².